The van der Waals surface area contributed by atoms with Gasteiger partial charge in [0.2, 0.25) is 0 Å². The molecule has 0 aromatic heterocycles. The number of esters is 2. The second kappa shape index (κ2) is 8.54. The Morgan fingerprint density at radius 3 is 1.86 bits per heavy atom. The van der Waals surface area contributed by atoms with Crippen molar-refractivity contribution in [3.05, 3.63) is 35.9 Å². The molecule has 0 fully saturated rings. The molecule has 5 heteroatoms. The van der Waals surface area contributed by atoms with Crippen LogP contribution < -0.4 is 0 Å². The van der Waals surface area contributed by atoms with E-state index in [2.05, 4.69) is 0 Å². The van der Waals surface area contributed by atoms with Gasteiger partial charge < -0.3 is 14.2 Å². The zero-order chi connectivity index (χ0) is 16.6. The van der Waals surface area contributed by atoms with E-state index < -0.39 is 23.5 Å². The second-order valence-electron chi connectivity index (χ2n) is 4.89. The molecule has 1 atom stereocenters. The maximum Gasteiger partial charge on any atom is 0.326 e. The molecular weight excluding hydrogens is 284 g/mol. The van der Waals surface area contributed by atoms with Gasteiger partial charge in [0.25, 0.3) is 0 Å². The lowest BCUT2D eigenvalue weighted by atomic mass is 9.80. The van der Waals surface area contributed by atoms with Gasteiger partial charge in [0.05, 0.1) is 13.2 Å². The predicted molar refractivity (Wildman–Crippen MR) is 82.2 cm³/mol. The maximum absolute atomic E-state index is 12.5. The van der Waals surface area contributed by atoms with E-state index in [1.165, 1.54) is 6.92 Å². The van der Waals surface area contributed by atoms with Crippen LogP contribution in [0.4, 0.5) is 0 Å². The zero-order valence-corrected chi connectivity index (χ0v) is 13.6. The Morgan fingerprint density at radius 1 is 0.955 bits per heavy atom. The van der Waals surface area contributed by atoms with Gasteiger partial charge in [-0.2, -0.15) is 0 Å². The molecule has 0 aliphatic rings. The fraction of sp³-hybridized carbons (Fsp3) is 0.529. The van der Waals surface area contributed by atoms with Gasteiger partial charge in [-0.1, -0.05) is 30.3 Å². The molecule has 0 amide bonds. The molecule has 0 heterocycles. The van der Waals surface area contributed by atoms with Crippen molar-refractivity contribution in [2.24, 2.45) is 5.41 Å². The van der Waals surface area contributed by atoms with Crippen LogP contribution in [0.25, 0.3) is 0 Å². The van der Waals surface area contributed by atoms with Gasteiger partial charge in [-0.25, -0.2) is 0 Å². The molecule has 122 valence electrons. The first-order valence-corrected chi connectivity index (χ1v) is 7.53. The Balaban J connectivity index is 3.30. The van der Waals surface area contributed by atoms with Crippen molar-refractivity contribution < 1.29 is 23.8 Å². The molecule has 1 aromatic rings. The average Bonchev–Trinajstić information content (AvgIpc) is 2.53. The Hall–Kier alpha value is -1.88. The summed E-state index contributed by atoms with van der Waals surface area (Å²) in [4.78, 5) is 24.9. The van der Waals surface area contributed by atoms with Crippen molar-refractivity contribution in [1.29, 1.82) is 0 Å². The van der Waals surface area contributed by atoms with Gasteiger partial charge in [-0.3, -0.25) is 9.59 Å². The van der Waals surface area contributed by atoms with Crippen molar-refractivity contribution in [2.75, 3.05) is 19.8 Å². The smallest absolute Gasteiger partial charge is 0.326 e. The van der Waals surface area contributed by atoms with Crippen LogP contribution in [0.5, 0.6) is 0 Å². The fourth-order valence-electron chi connectivity index (χ4n) is 2.25. The molecule has 0 bridgehead atoms. The summed E-state index contributed by atoms with van der Waals surface area (Å²) in [5.41, 5.74) is -0.823. The summed E-state index contributed by atoms with van der Waals surface area (Å²) in [6.45, 7) is 7.43. The van der Waals surface area contributed by atoms with Crippen molar-refractivity contribution in [3.8, 4) is 0 Å². The molecule has 1 aromatic carbocycles. The highest BCUT2D eigenvalue weighted by atomic mass is 16.6. The molecule has 0 saturated heterocycles. The lowest BCUT2D eigenvalue weighted by Crippen LogP contribution is -2.45. The van der Waals surface area contributed by atoms with E-state index >= 15 is 0 Å². The molecule has 1 rings (SSSR count). The molecule has 0 N–H and O–H groups in total. The van der Waals surface area contributed by atoms with Crippen molar-refractivity contribution in [2.45, 2.75) is 33.8 Å². The third-order valence-electron chi connectivity index (χ3n) is 3.36. The first-order chi connectivity index (χ1) is 10.5. The Labute approximate surface area is 131 Å². The van der Waals surface area contributed by atoms with Gasteiger partial charge in [-0.05, 0) is 33.3 Å². The molecule has 5 nitrogen and oxygen atoms in total. The van der Waals surface area contributed by atoms with Gasteiger partial charge in [0, 0.05) is 6.61 Å². The largest absolute Gasteiger partial charge is 0.465 e. The van der Waals surface area contributed by atoms with Gasteiger partial charge in [0.1, 0.15) is 6.10 Å². The summed E-state index contributed by atoms with van der Waals surface area (Å²) >= 11 is 0. The number of rotatable bonds is 8. The molecule has 0 aliphatic heterocycles. The van der Waals surface area contributed by atoms with E-state index in [9.17, 15) is 9.59 Å². The van der Waals surface area contributed by atoms with E-state index in [1.807, 2.05) is 37.3 Å². The molecule has 0 radical (unpaired) electrons. The van der Waals surface area contributed by atoms with Crippen LogP contribution in [0.1, 0.15) is 39.4 Å². The zero-order valence-electron chi connectivity index (χ0n) is 13.6. The summed E-state index contributed by atoms with van der Waals surface area (Å²) in [7, 11) is 0. The van der Waals surface area contributed by atoms with E-state index in [4.69, 9.17) is 14.2 Å². The van der Waals surface area contributed by atoms with E-state index in [0.717, 1.165) is 5.56 Å². The molecule has 1 unspecified atom stereocenters. The van der Waals surface area contributed by atoms with Crippen LogP contribution in [-0.4, -0.2) is 31.8 Å². The lowest BCUT2D eigenvalue weighted by Gasteiger charge is -2.33. The third kappa shape index (κ3) is 3.85. The van der Waals surface area contributed by atoms with Crippen LogP contribution in [0, 0.1) is 5.41 Å². The number of benzene rings is 1. The van der Waals surface area contributed by atoms with Crippen LogP contribution in [0.2, 0.25) is 0 Å². The Kier molecular flexibility index (Phi) is 7.05. The molecule has 0 aliphatic carbocycles. The number of hydrogen-bond donors (Lipinski definition) is 0. The van der Waals surface area contributed by atoms with Crippen LogP contribution in [0.3, 0.4) is 0 Å². The molecule has 22 heavy (non-hydrogen) atoms. The van der Waals surface area contributed by atoms with Crippen LogP contribution >= 0.6 is 0 Å². The summed E-state index contributed by atoms with van der Waals surface area (Å²) in [5.74, 6) is -1.29. The van der Waals surface area contributed by atoms with E-state index in [0.29, 0.717) is 6.61 Å². The SMILES string of the molecule is CCOC(=O)C(C)(C(=O)OCC)C(OCC)c1ccccc1. The van der Waals surface area contributed by atoms with Crippen LogP contribution in [0.15, 0.2) is 30.3 Å². The highest BCUT2D eigenvalue weighted by Gasteiger charge is 2.52. The summed E-state index contributed by atoms with van der Waals surface area (Å²) < 4.78 is 15.9. The lowest BCUT2D eigenvalue weighted by molar-refractivity contribution is -0.183. The van der Waals surface area contributed by atoms with Crippen molar-refractivity contribution in [3.63, 3.8) is 0 Å². The highest BCUT2D eigenvalue weighted by molar-refractivity contribution is 6.00. The van der Waals surface area contributed by atoms with Crippen molar-refractivity contribution >= 4 is 11.9 Å². The molecular formula is C17H24O5. The van der Waals surface area contributed by atoms with Gasteiger partial charge in [0.15, 0.2) is 5.41 Å². The van der Waals surface area contributed by atoms with Crippen LogP contribution in [-0.2, 0) is 23.8 Å². The summed E-state index contributed by atoms with van der Waals surface area (Å²) in [6.07, 6.45) is -0.767. The number of carbonyl (C=O) groups is 2. The minimum atomic E-state index is -1.55. The minimum absolute atomic E-state index is 0.182. The van der Waals surface area contributed by atoms with Gasteiger partial charge >= 0.3 is 11.9 Å². The highest BCUT2D eigenvalue weighted by Crippen LogP contribution is 2.39. The number of carbonyl (C=O) groups excluding carboxylic acids is 2. The monoisotopic (exact) mass is 308 g/mol. The fourth-order valence-corrected chi connectivity index (χ4v) is 2.25. The first-order valence-electron chi connectivity index (χ1n) is 7.53. The van der Waals surface area contributed by atoms with E-state index in [-0.39, 0.29) is 13.2 Å². The summed E-state index contributed by atoms with van der Waals surface area (Å²) in [5, 5.41) is 0. The standard InChI is InChI=1S/C17H24O5/c1-5-20-14(13-11-9-8-10-12-13)17(4,15(18)21-6-2)16(19)22-7-3/h8-12,14H,5-7H2,1-4H3. The van der Waals surface area contributed by atoms with Crippen molar-refractivity contribution in [1.82, 2.24) is 0 Å². The Morgan fingerprint density at radius 2 is 1.45 bits per heavy atom. The number of hydrogen-bond acceptors (Lipinski definition) is 5. The number of ether oxygens (including phenoxy) is 3. The maximum atomic E-state index is 12.5. The third-order valence-corrected chi connectivity index (χ3v) is 3.36. The Bertz CT molecular complexity index is 465. The van der Waals surface area contributed by atoms with E-state index in [1.54, 1.807) is 13.8 Å². The van der Waals surface area contributed by atoms with Gasteiger partial charge in [-0.15, -0.1) is 0 Å². The predicted octanol–water partition coefficient (Wildman–Crippen LogP) is 2.90. The molecule has 0 saturated carbocycles. The quantitative estimate of drug-likeness (QED) is 0.546. The second-order valence-corrected chi connectivity index (χ2v) is 4.89. The topological polar surface area (TPSA) is 61.8 Å². The minimum Gasteiger partial charge on any atom is -0.465 e. The summed E-state index contributed by atoms with van der Waals surface area (Å²) in [6, 6.07) is 9.16. The average molecular weight is 308 g/mol. The normalized spacial score (nSPS) is 12.5. The first kappa shape index (κ1) is 18.2. The molecule has 0 spiro atoms.